The monoisotopic (exact) mass is 326 g/mol. The Morgan fingerprint density at radius 1 is 1.37 bits per heavy atom. The lowest BCUT2D eigenvalue weighted by molar-refractivity contribution is 0.219. The minimum atomic E-state index is 0.566. The van der Waals surface area contributed by atoms with E-state index in [0.717, 1.165) is 15.9 Å². The molecule has 1 fully saturated rings. The van der Waals surface area contributed by atoms with Gasteiger partial charge in [0.15, 0.2) is 0 Å². The summed E-state index contributed by atoms with van der Waals surface area (Å²) in [6.45, 7) is 5.88. The quantitative estimate of drug-likeness (QED) is 0.891. The van der Waals surface area contributed by atoms with Crippen molar-refractivity contribution in [3.05, 3.63) is 22.7 Å². The number of hydrogen-bond acceptors (Lipinski definition) is 3. The van der Waals surface area contributed by atoms with Crippen molar-refractivity contribution in [2.75, 3.05) is 32.1 Å². The summed E-state index contributed by atoms with van der Waals surface area (Å²) in [6, 6.07) is 6.63. The van der Waals surface area contributed by atoms with Crippen LogP contribution in [0.15, 0.2) is 22.7 Å². The van der Waals surface area contributed by atoms with E-state index >= 15 is 0 Å². The molecule has 0 saturated carbocycles. The minimum Gasteiger partial charge on any atom is -0.497 e. The second-order valence-electron chi connectivity index (χ2n) is 5.11. The Hall–Kier alpha value is -0.740. The zero-order chi connectivity index (χ0) is 13.7. The molecular formula is C15H23BrN2O. The van der Waals surface area contributed by atoms with E-state index < -0.39 is 0 Å². The second-order valence-corrected chi connectivity index (χ2v) is 5.96. The molecular weight excluding hydrogens is 304 g/mol. The molecule has 4 heteroatoms. The maximum atomic E-state index is 5.28. The van der Waals surface area contributed by atoms with Crippen molar-refractivity contribution in [1.82, 2.24) is 4.90 Å². The fourth-order valence-corrected chi connectivity index (χ4v) is 2.94. The van der Waals surface area contributed by atoms with Gasteiger partial charge in [-0.05, 0) is 53.9 Å². The van der Waals surface area contributed by atoms with Crippen LogP contribution >= 0.6 is 15.9 Å². The molecule has 2 rings (SSSR count). The molecule has 0 aromatic heterocycles. The third-order valence-electron chi connectivity index (χ3n) is 3.66. The summed E-state index contributed by atoms with van der Waals surface area (Å²) in [5, 5.41) is 3.63. The van der Waals surface area contributed by atoms with Gasteiger partial charge in [0.2, 0.25) is 0 Å². The van der Waals surface area contributed by atoms with Gasteiger partial charge < -0.3 is 15.0 Å². The van der Waals surface area contributed by atoms with Crippen molar-refractivity contribution in [3.63, 3.8) is 0 Å². The summed E-state index contributed by atoms with van der Waals surface area (Å²) in [5.74, 6) is 0.897. The van der Waals surface area contributed by atoms with Gasteiger partial charge >= 0.3 is 0 Å². The van der Waals surface area contributed by atoms with Gasteiger partial charge in [-0.3, -0.25) is 0 Å². The molecule has 0 amide bonds. The molecule has 1 aliphatic rings. The normalized spacial score (nSPS) is 17.4. The Morgan fingerprint density at radius 2 is 2.11 bits per heavy atom. The molecule has 0 bridgehead atoms. The smallest absolute Gasteiger partial charge is 0.121 e. The van der Waals surface area contributed by atoms with E-state index in [1.165, 1.54) is 38.9 Å². The van der Waals surface area contributed by atoms with Crippen LogP contribution in [-0.2, 0) is 0 Å². The highest BCUT2D eigenvalue weighted by Gasteiger charge is 2.19. The van der Waals surface area contributed by atoms with E-state index in [4.69, 9.17) is 4.74 Å². The number of benzene rings is 1. The Balaban J connectivity index is 1.91. The first kappa shape index (κ1) is 14.7. The molecule has 1 aromatic rings. The first-order chi connectivity index (χ1) is 9.22. The number of likely N-dealkylation sites (tertiary alicyclic amines) is 1. The summed E-state index contributed by atoms with van der Waals surface area (Å²) in [6.07, 6.45) is 3.67. The van der Waals surface area contributed by atoms with Crippen LogP contribution in [0.3, 0.4) is 0 Å². The van der Waals surface area contributed by atoms with Crippen LogP contribution in [0.4, 0.5) is 5.69 Å². The molecule has 1 aromatic carbocycles. The summed E-state index contributed by atoms with van der Waals surface area (Å²) >= 11 is 3.59. The molecule has 19 heavy (non-hydrogen) atoms. The molecule has 1 heterocycles. The molecule has 0 aliphatic carbocycles. The summed E-state index contributed by atoms with van der Waals surface area (Å²) in [4.78, 5) is 2.55. The van der Waals surface area contributed by atoms with E-state index in [1.807, 2.05) is 12.1 Å². The SMILES string of the molecule is CCCN1CCC(Nc2cc(OC)ccc2Br)CC1. The van der Waals surface area contributed by atoms with Crippen LogP contribution in [0.5, 0.6) is 5.75 Å². The van der Waals surface area contributed by atoms with Crippen LogP contribution in [-0.4, -0.2) is 37.7 Å². The highest BCUT2D eigenvalue weighted by Crippen LogP contribution is 2.29. The molecule has 1 aliphatic heterocycles. The topological polar surface area (TPSA) is 24.5 Å². The predicted molar refractivity (Wildman–Crippen MR) is 84.1 cm³/mol. The Morgan fingerprint density at radius 3 is 2.74 bits per heavy atom. The maximum Gasteiger partial charge on any atom is 0.121 e. The van der Waals surface area contributed by atoms with E-state index in [2.05, 4.69) is 39.1 Å². The van der Waals surface area contributed by atoms with Gasteiger partial charge in [-0.25, -0.2) is 0 Å². The van der Waals surface area contributed by atoms with Gasteiger partial charge in [-0.2, -0.15) is 0 Å². The predicted octanol–water partition coefficient (Wildman–Crippen LogP) is 3.74. The Bertz CT molecular complexity index is 403. The largest absolute Gasteiger partial charge is 0.497 e. The van der Waals surface area contributed by atoms with Gasteiger partial charge in [0, 0.05) is 29.7 Å². The average molecular weight is 327 g/mol. The van der Waals surface area contributed by atoms with E-state index in [9.17, 15) is 0 Å². The van der Waals surface area contributed by atoms with E-state index in [-0.39, 0.29) is 0 Å². The van der Waals surface area contributed by atoms with Gasteiger partial charge in [-0.1, -0.05) is 6.92 Å². The summed E-state index contributed by atoms with van der Waals surface area (Å²) in [7, 11) is 1.70. The average Bonchev–Trinajstić information content (AvgIpc) is 2.44. The summed E-state index contributed by atoms with van der Waals surface area (Å²) < 4.78 is 6.38. The molecule has 1 saturated heterocycles. The molecule has 3 nitrogen and oxygen atoms in total. The van der Waals surface area contributed by atoms with E-state index in [0.29, 0.717) is 6.04 Å². The Kier molecular flexibility index (Phi) is 5.52. The number of rotatable bonds is 5. The highest BCUT2D eigenvalue weighted by molar-refractivity contribution is 9.10. The number of methoxy groups -OCH3 is 1. The van der Waals surface area contributed by atoms with Crippen molar-refractivity contribution < 1.29 is 4.74 Å². The zero-order valence-corrected chi connectivity index (χ0v) is 13.4. The van der Waals surface area contributed by atoms with Gasteiger partial charge in [0.05, 0.1) is 12.8 Å². The number of ether oxygens (including phenoxy) is 1. The Labute approximate surface area is 124 Å². The van der Waals surface area contributed by atoms with Crippen molar-refractivity contribution in [2.45, 2.75) is 32.2 Å². The van der Waals surface area contributed by atoms with Gasteiger partial charge in [0.25, 0.3) is 0 Å². The first-order valence-electron chi connectivity index (χ1n) is 7.05. The van der Waals surface area contributed by atoms with Crippen molar-refractivity contribution in [1.29, 1.82) is 0 Å². The fraction of sp³-hybridized carbons (Fsp3) is 0.600. The van der Waals surface area contributed by atoms with Gasteiger partial charge in [-0.15, -0.1) is 0 Å². The number of nitrogens with one attached hydrogen (secondary N) is 1. The van der Waals surface area contributed by atoms with Crippen molar-refractivity contribution in [3.8, 4) is 5.75 Å². The lowest BCUT2D eigenvalue weighted by Gasteiger charge is -2.32. The number of hydrogen-bond donors (Lipinski definition) is 1. The molecule has 106 valence electrons. The van der Waals surface area contributed by atoms with Crippen LogP contribution < -0.4 is 10.1 Å². The first-order valence-corrected chi connectivity index (χ1v) is 7.84. The van der Waals surface area contributed by atoms with E-state index in [1.54, 1.807) is 7.11 Å². The summed E-state index contributed by atoms with van der Waals surface area (Å²) in [5.41, 5.74) is 1.13. The minimum absolute atomic E-state index is 0.566. The lowest BCUT2D eigenvalue weighted by Crippen LogP contribution is -2.39. The molecule has 0 radical (unpaired) electrons. The third kappa shape index (κ3) is 4.11. The second kappa shape index (κ2) is 7.15. The van der Waals surface area contributed by atoms with Crippen molar-refractivity contribution >= 4 is 21.6 Å². The van der Waals surface area contributed by atoms with Crippen LogP contribution in [0.25, 0.3) is 0 Å². The number of anilines is 1. The van der Waals surface area contributed by atoms with Gasteiger partial charge in [0.1, 0.15) is 5.75 Å². The number of nitrogens with zero attached hydrogens (tertiary/aromatic N) is 1. The molecule has 1 N–H and O–H groups in total. The number of piperidine rings is 1. The third-order valence-corrected chi connectivity index (χ3v) is 4.35. The highest BCUT2D eigenvalue weighted by atomic mass is 79.9. The van der Waals surface area contributed by atoms with Crippen LogP contribution in [0.2, 0.25) is 0 Å². The number of halogens is 1. The standard InChI is InChI=1S/C15H23BrN2O/c1-3-8-18-9-6-12(7-10-18)17-15-11-13(19-2)4-5-14(15)16/h4-5,11-12,17H,3,6-10H2,1-2H3. The zero-order valence-electron chi connectivity index (χ0n) is 11.8. The molecule has 0 spiro atoms. The van der Waals surface area contributed by atoms with Crippen LogP contribution in [0.1, 0.15) is 26.2 Å². The fourth-order valence-electron chi connectivity index (χ4n) is 2.58. The maximum absolute atomic E-state index is 5.28. The van der Waals surface area contributed by atoms with Crippen LogP contribution in [0, 0.1) is 0 Å². The molecule has 0 atom stereocenters. The van der Waals surface area contributed by atoms with Crippen molar-refractivity contribution in [2.24, 2.45) is 0 Å². The molecule has 0 unspecified atom stereocenters. The lowest BCUT2D eigenvalue weighted by atomic mass is 10.0.